The summed E-state index contributed by atoms with van der Waals surface area (Å²) in [4.78, 5) is 11.4. The number of nitrogens with one attached hydrogen (secondary N) is 1. The van der Waals surface area contributed by atoms with Gasteiger partial charge in [0.2, 0.25) is 0 Å². The summed E-state index contributed by atoms with van der Waals surface area (Å²) in [5, 5.41) is 2.62. The van der Waals surface area contributed by atoms with E-state index in [1.165, 1.54) is 0 Å². The number of benzene rings is 1. The van der Waals surface area contributed by atoms with Crippen molar-refractivity contribution in [3.8, 4) is 11.5 Å². The minimum Gasteiger partial charge on any atom is -0.493 e. The molecule has 0 aromatic heterocycles. The smallest absolute Gasteiger partial charge is 0.407 e. The number of alkyl carbamates (subject to hydrolysis) is 1. The van der Waals surface area contributed by atoms with Crippen molar-refractivity contribution in [3.63, 3.8) is 0 Å². The predicted molar refractivity (Wildman–Crippen MR) is 80.4 cm³/mol. The largest absolute Gasteiger partial charge is 0.493 e. The van der Waals surface area contributed by atoms with Gasteiger partial charge in [0.1, 0.15) is 12.2 Å². The molecule has 0 bridgehead atoms. The number of methoxy groups -OCH3 is 1. The first kappa shape index (κ1) is 16.6. The maximum atomic E-state index is 11.4. The van der Waals surface area contributed by atoms with Crippen molar-refractivity contribution >= 4 is 22.0 Å². The Kier molecular flexibility index (Phi) is 6.13. The number of hydrogen-bond donors (Lipinski definition) is 1. The summed E-state index contributed by atoms with van der Waals surface area (Å²) in [6.45, 7) is 6.13. The van der Waals surface area contributed by atoms with Crippen LogP contribution >= 0.6 is 15.9 Å². The number of ether oxygens (including phenoxy) is 3. The Morgan fingerprint density at radius 1 is 1.30 bits per heavy atom. The molecule has 5 nitrogen and oxygen atoms in total. The van der Waals surface area contributed by atoms with Gasteiger partial charge in [0, 0.05) is 4.47 Å². The van der Waals surface area contributed by atoms with Crippen LogP contribution in [-0.4, -0.2) is 32.0 Å². The maximum Gasteiger partial charge on any atom is 0.407 e. The zero-order valence-corrected chi connectivity index (χ0v) is 13.7. The molecular formula is C14H20BrNO4. The van der Waals surface area contributed by atoms with Crippen LogP contribution in [0, 0.1) is 0 Å². The summed E-state index contributed by atoms with van der Waals surface area (Å²) in [5.41, 5.74) is -0.500. The number of carbonyl (C=O) groups is 1. The lowest BCUT2D eigenvalue weighted by Gasteiger charge is -2.19. The zero-order valence-electron chi connectivity index (χ0n) is 12.2. The van der Waals surface area contributed by atoms with E-state index in [0.717, 1.165) is 4.47 Å². The highest BCUT2D eigenvalue weighted by atomic mass is 79.9. The van der Waals surface area contributed by atoms with Crippen LogP contribution in [-0.2, 0) is 4.74 Å². The summed E-state index contributed by atoms with van der Waals surface area (Å²) in [6, 6.07) is 5.48. The Morgan fingerprint density at radius 2 is 2.00 bits per heavy atom. The molecule has 1 N–H and O–H groups in total. The third-order valence-corrected chi connectivity index (χ3v) is 2.65. The van der Waals surface area contributed by atoms with Gasteiger partial charge in [0.25, 0.3) is 0 Å². The van der Waals surface area contributed by atoms with Crippen molar-refractivity contribution in [1.82, 2.24) is 5.32 Å². The van der Waals surface area contributed by atoms with E-state index in [9.17, 15) is 4.79 Å². The molecular weight excluding hydrogens is 326 g/mol. The summed E-state index contributed by atoms with van der Waals surface area (Å²) in [7, 11) is 1.58. The average Bonchev–Trinajstić information content (AvgIpc) is 2.33. The number of rotatable bonds is 5. The van der Waals surface area contributed by atoms with Gasteiger partial charge in [0.15, 0.2) is 11.5 Å². The van der Waals surface area contributed by atoms with Crippen LogP contribution in [0.5, 0.6) is 11.5 Å². The first-order chi connectivity index (χ1) is 9.31. The van der Waals surface area contributed by atoms with Gasteiger partial charge in [-0.1, -0.05) is 15.9 Å². The standard InChI is InChI=1S/C14H20BrNO4/c1-14(2,3)20-13(17)16-7-8-19-11-6-5-10(15)9-12(11)18-4/h5-6,9H,7-8H2,1-4H3,(H,16,17). The molecule has 0 radical (unpaired) electrons. The highest BCUT2D eigenvalue weighted by Crippen LogP contribution is 2.29. The molecule has 0 heterocycles. The lowest BCUT2D eigenvalue weighted by atomic mass is 10.2. The van der Waals surface area contributed by atoms with Crippen LogP contribution < -0.4 is 14.8 Å². The van der Waals surface area contributed by atoms with Crippen molar-refractivity contribution in [1.29, 1.82) is 0 Å². The van der Waals surface area contributed by atoms with E-state index in [0.29, 0.717) is 24.7 Å². The molecule has 0 unspecified atom stereocenters. The Labute approximate surface area is 127 Å². The molecule has 0 saturated heterocycles. The third-order valence-electron chi connectivity index (χ3n) is 2.15. The molecule has 1 aromatic rings. The minimum atomic E-state index is -0.500. The molecule has 0 aliphatic carbocycles. The van der Waals surface area contributed by atoms with Crippen LogP contribution in [0.4, 0.5) is 4.79 Å². The normalized spacial score (nSPS) is 10.8. The summed E-state index contributed by atoms with van der Waals surface area (Å²) in [6.07, 6.45) is -0.455. The fourth-order valence-corrected chi connectivity index (χ4v) is 1.73. The lowest BCUT2D eigenvalue weighted by Crippen LogP contribution is -2.34. The van der Waals surface area contributed by atoms with E-state index < -0.39 is 11.7 Å². The van der Waals surface area contributed by atoms with E-state index in [-0.39, 0.29) is 0 Å². The summed E-state index contributed by atoms with van der Waals surface area (Å²) in [5.74, 6) is 1.26. The van der Waals surface area contributed by atoms with Crippen LogP contribution in [0.3, 0.4) is 0 Å². The molecule has 20 heavy (non-hydrogen) atoms. The molecule has 0 saturated carbocycles. The molecule has 0 spiro atoms. The molecule has 1 aromatic carbocycles. The van der Waals surface area contributed by atoms with Crippen LogP contribution in [0.25, 0.3) is 0 Å². The first-order valence-electron chi connectivity index (χ1n) is 6.25. The molecule has 112 valence electrons. The van der Waals surface area contributed by atoms with Gasteiger partial charge in [-0.05, 0) is 39.0 Å². The minimum absolute atomic E-state index is 0.331. The number of halogens is 1. The fourth-order valence-electron chi connectivity index (χ4n) is 1.39. The SMILES string of the molecule is COc1cc(Br)ccc1OCCNC(=O)OC(C)(C)C. The molecule has 0 atom stereocenters. The summed E-state index contributed by atoms with van der Waals surface area (Å²) >= 11 is 3.36. The molecule has 6 heteroatoms. The second-order valence-electron chi connectivity index (χ2n) is 5.07. The van der Waals surface area contributed by atoms with E-state index in [1.54, 1.807) is 13.2 Å². The van der Waals surface area contributed by atoms with Crippen molar-refractivity contribution in [3.05, 3.63) is 22.7 Å². The average molecular weight is 346 g/mol. The highest BCUT2D eigenvalue weighted by molar-refractivity contribution is 9.10. The van der Waals surface area contributed by atoms with Gasteiger partial charge in [-0.25, -0.2) is 4.79 Å². The van der Waals surface area contributed by atoms with Crippen molar-refractivity contribution in [2.75, 3.05) is 20.3 Å². The number of carbonyl (C=O) groups excluding carboxylic acids is 1. The maximum absolute atomic E-state index is 11.4. The van der Waals surface area contributed by atoms with Crippen molar-refractivity contribution in [2.24, 2.45) is 0 Å². The fraction of sp³-hybridized carbons (Fsp3) is 0.500. The van der Waals surface area contributed by atoms with Gasteiger partial charge >= 0.3 is 6.09 Å². The van der Waals surface area contributed by atoms with Crippen LogP contribution in [0.15, 0.2) is 22.7 Å². The number of amides is 1. The van der Waals surface area contributed by atoms with E-state index in [4.69, 9.17) is 14.2 Å². The Hall–Kier alpha value is -1.43. The lowest BCUT2D eigenvalue weighted by molar-refractivity contribution is 0.0520. The van der Waals surface area contributed by atoms with Gasteiger partial charge in [-0.2, -0.15) is 0 Å². The van der Waals surface area contributed by atoms with Gasteiger partial charge in [-0.3, -0.25) is 0 Å². The van der Waals surface area contributed by atoms with Gasteiger partial charge < -0.3 is 19.5 Å². The molecule has 0 aliphatic heterocycles. The first-order valence-corrected chi connectivity index (χ1v) is 7.04. The summed E-state index contributed by atoms with van der Waals surface area (Å²) < 4.78 is 16.8. The second-order valence-corrected chi connectivity index (χ2v) is 5.99. The second kappa shape index (κ2) is 7.38. The van der Waals surface area contributed by atoms with Gasteiger partial charge in [0.05, 0.1) is 13.7 Å². The molecule has 0 fully saturated rings. The van der Waals surface area contributed by atoms with Crippen LogP contribution in [0.1, 0.15) is 20.8 Å². The van der Waals surface area contributed by atoms with Crippen molar-refractivity contribution in [2.45, 2.75) is 26.4 Å². The predicted octanol–water partition coefficient (Wildman–Crippen LogP) is 3.36. The monoisotopic (exact) mass is 345 g/mol. The molecule has 1 rings (SSSR count). The Balaban J connectivity index is 2.36. The topological polar surface area (TPSA) is 56.8 Å². The number of hydrogen-bond acceptors (Lipinski definition) is 4. The van der Waals surface area contributed by atoms with Crippen molar-refractivity contribution < 1.29 is 19.0 Å². The Morgan fingerprint density at radius 3 is 2.60 bits per heavy atom. The molecule has 1 amide bonds. The van der Waals surface area contributed by atoms with Crippen LogP contribution in [0.2, 0.25) is 0 Å². The zero-order chi connectivity index (χ0) is 15.2. The highest BCUT2D eigenvalue weighted by Gasteiger charge is 2.15. The molecule has 0 aliphatic rings. The third kappa shape index (κ3) is 6.14. The van der Waals surface area contributed by atoms with E-state index in [1.807, 2.05) is 32.9 Å². The Bertz CT molecular complexity index is 457. The van der Waals surface area contributed by atoms with Gasteiger partial charge in [-0.15, -0.1) is 0 Å². The van der Waals surface area contributed by atoms with E-state index >= 15 is 0 Å². The van der Waals surface area contributed by atoms with E-state index in [2.05, 4.69) is 21.2 Å². The quantitative estimate of drug-likeness (QED) is 0.831.